The van der Waals surface area contributed by atoms with Crippen molar-refractivity contribution in [2.75, 3.05) is 0 Å². The molecule has 0 radical (unpaired) electrons. The summed E-state index contributed by atoms with van der Waals surface area (Å²) < 4.78 is 2.30. The van der Waals surface area contributed by atoms with Gasteiger partial charge < -0.3 is 0 Å². The lowest BCUT2D eigenvalue weighted by atomic mass is 10.2. The minimum atomic E-state index is 0.568. The summed E-state index contributed by atoms with van der Waals surface area (Å²) in [6.07, 6.45) is 3.77. The fraction of sp³-hybridized carbons (Fsp3) is 0. The molecule has 0 fully saturated rings. The molecule has 0 unspecified atom stereocenters. The molecule has 1 aromatic heterocycles. The summed E-state index contributed by atoms with van der Waals surface area (Å²) >= 11 is 3.30. The van der Waals surface area contributed by atoms with Crippen LogP contribution in [0.1, 0.15) is 10.4 Å². The third-order valence-corrected chi connectivity index (χ3v) is 2.50. The lowest BCUT2D eigenvalue weighted by Crippen LogP contribution is -1.99. The van der Waals surface area contributed by atoms with E-state index in [4.69, 9.17) is 0 Å². The van der Waals surface area contributed by atoms with E-state index in [1.165, 1.54) is 6.33 Å². The Hall–Kier alpha value is -1.49. The van der Waals surface area contributed by atoms with E-state index in [1.807, 2.05) is 18.2 Å². The summed E-state index contributed by atoms with van der Waals surface area (Å²) in [5.41, 5.74) is 1.28. The second-order valence-corrected chi connectivity index (χ2v) is 3.48. The monoisotopic (exact) mass is 251 g/mol. The van der Waals surface area contributed by atoms with Crippen molar-refractivity contribution >= 4 is 22.2 Å². The van der Waals surface area contributed by atoms with E-state index in [2.05, 4.69) is 26.0 Å². The Labute approximate surface area is 88.7 Å². The van der Waals surface area contributed by atoms with Gasteiger partial charge in [0, 0.05) is 4.47 Å². The average molecular weight is 252 g/mol. The summed E-state index contributed by atoms with van der Waals surface area (Å²) in [6, 6.07) is 5.46. The van der Waals surface area contributed by atoms with Gasteiger partial charge in [-0.05, 0) is 28.1 Å². The highest BCUT2D eigenvalue weighted by atomic mass is 79.9. The molecule has 0 bridgehead atoms. The van der Waals surface area contributed by atoms with Gasteiger partial charge >= 0.3 is 0 Å². The molecular formula is C9H6BrN3O. The number of nitrogens with zero attached hydrogens (tertiary/aromatic N) is 3. The van der Waals surface area contributed by atoms with Crippen molar-refractivity contribution < 1.29 is 4.79 Å². The lowest BCUT2D eigenvalue weighted by molar-refractivity contribution is 0.112. The van der Waals surface area contributed by atoms with Crippen molar-refractivity contribution in [2.45, 2.75) is 0 Å². The molecule has 2 rings (SSSR count). The number of carbonyl (C=O) groups excluding carboxylic acids is 1. The first-order valence-corrected chi connectivity index (χ1v) is 4.71. The normalized spacial score (nSPS) is 10.1. The summed E-state index contributed by atoms with van der Waals surface area (Å²) in [4.78, 5) is 14.7. The Morgan fingerprint density at radius 1 is 1.43 bits per heavy atom. The summed E-state index contributed by atoms with van der Waals surface area (Å²) in [5.74, 6) is 0. The number of carbonyl (C=O) groups is 1. The van der Waals surface area contributed by atoms with Crippen LogP contribution >= 0.6 is 15.9 Å². The summed E-state index contributed by atoms with van der Waals surface area (Å²) in [5, 5.41) is 3.96. The van der Waals surface area contributed by atoms with Crippen molar-refractivity contribution in [1.82, 2.24) is 14.8 Å². The zero-order chi connectivity index (χ0) is 9.97. The zero-order valence-corrected chi connectivity index (χ0v) is 8.68. The Balaban J connectivity index is 2.64. The Kier molecular flexibility index (Phi) is 2.41. The van der Waals surface area contributed by atoms with Gasteiger partial charge in [0.15, 0.2) is 6.29 Å². The molecule has 2 aromatic rings. The summed E-state index contributed by atoms with van der Waals surface area (Å²) in [6.45, 7) is 0. The molecule has 0 saturated carbocycles. The van der Waals surface area contributed by atoms with Gasteiger partial charge in [-0.15, -0.1) is 0 Å². The standard InChI is InChI=1S/C9H6BrN3O/c10-8-2-1-3-9(7(8)4-14)13-6-11-5-12-13/h1-6H. The maximum atomic E-state index is 10.9. The quantitative estimate of drug-likeness (QED) is 0.766. The fourth-order valence-corrected chi connectivity index (χ4v) is 1.62. The van der Waals surface area contributed by atoms with E-state index in [0.717, 1.165) is 10.8 Å². The van der Waals surface area contributed by atoms with Crippen molar-refractivity contribution in [3.8, 4) is 5.69 Å². The van der Waals surface area contributed by atoms with Gasteiger partial charge in [-0.3, -0.25) is 4.79 Å². The van der Waals surface area contributed by atoms with Crippen LogP contribution in [0, 0.1) is 0 Å². The molecule has 0 saturated heterocycles. The number of aromatic nitrogens is 3. The maximum absolute atomic E-state index is 10.9. The maximum Gasteiger partial charge on any atom is 0.153 e. The predicted octanol–water partition coefficient (Wildman–Crippen LogP) is 1.84. The second-order valence-electron chi connectivity index (χ2n) is 2.63. The first kappa shape index (κ1) is 9.08. The molecule has 1 aromatic carbocycles. The molecule has 0 aliphatic heterocycles. The van der Waals surface area contributed by atoms with E-state index in [1.54, 1.807) is 11.0 Å². The Bertz CT molecular complexity index is 453. The molecule has 0 amide bonds. The van der Waals surface area contributed by atoms with Crippen LogP contribution in [0.2, 0.25) is 0 Å². The van der Waals surface area contributed by atoms with Gasteiger partial charge in [0.1, 0.15) is 12.7 Å². The number of halogens is 1. The molecule has 70 valence electrons. The molecule has 4 nitrogen and oxygen atoms in total. The van der Waals surface area contributed by atoms with Crippen LogP contribution in [0.4, 0.5) is 0 Å². The van der Waals surface area contributed by atoms with Gasteiger partial charge in [-0.25, -0.2) is 9.67 Å². The van der Waals surface area contributed by atoms with E-state index in [9.17, 15) is 4.79 Å². The van der Waals surface area contributed by atoms with Crippen molar-refractivity contribution in [3.63, 3.8) is 0 Å². The van der Waals surface area contributed by atoms with Gasteiger partial charge in [-0.2, -0.15) is 5.10 Å². The second kappa shape index (κ2) is 3.71. The molecule has 0 spiro atoms. The largest absolute Gasteiger partial charge is 0.298 e. The number of benzene rings is 1. The molecule has 1 heterocycles. The fourth-order valence-electron chi connectivity index (χ4n) is 1.17. The van der Waals surface area contributed by atoms with E-state index in [-0.39, 0.29) is 0 Å². The smallest absolute Gasteiger partial charge is 0.153 e. The molecule has 0 aliphatic carbocycles. The molecular weight excluding hydrogens is 246 g/mol. The first-order chi connectivity index (χ1) is 6.83. The number of hydrogen-bond acceptors (Lipinski definition) is 3. The van der Waals surface area contributed by atoms with Crippen LogP contribution in [-0.2, 0) is 0 Å². The van der Waals surface area contributed by atoms with Crippen LogP contribution < -0.4 is 0 Å². The van der Waals surface area contributed by atoms with Crippen LogP contribution in [0.5, 0.6) is 0 Å². The SMILES string of the molecule is O=Cc1c(Br)cccc1-n1cncn1. The van der Waals surface area contributed by atoms with Crippen molar-refractivity contribution in [1.29, 1.82) is 0 Å². The summed E-state index contributed by atoms with van der Waals surface area (Å²) in [7, 11) is 0. The molecule has 0 aliphatic rings. The first-order valence-electron chi connectivity index (χ1n) is 3.91. The van der Waals surface area contributed by atoms with E-state index >= 15 is 0 Å². The van der Waals surface area contributed by atoms with Crippen LogP contribution in [-0.4, -0.2) is 21.1 Å². The topological polar surface area (TPSA) is 47.8 Å². The van der Waals surface area contributed by atoms with Gasteiger partial charge in [0.25, 0.3) is 0 Å². The number of rotatable bonds is 2. The predicted molar refractivity (Wildman–Crippen MR) is 54.4 cm³/mol. The Morgan fingerprint density at radius 2 is 2.29 bits per heavy atom. The highest BCUT2D eigenvalue weighted by Crippen LogP contribution is 2.20. The zero-order valence-electron chi connectivity index (χ0n) is 7.09. The molecule has 0 atom stereocenters. The van der Waals surface area contributed by atoms with E-state index in [0.29, 0.717) is 11.3 Å². The van der Waals surface area contributed by atoms with Gasteiger partial charge in [-0.1, -0.05) is 6.07 Å². The van der Waals surface area contributed by atoms with E-state index < -0.39 is 0 Å². The van der Waals surface area contributed by atoms with Gasteiger partial charge in [0.05, 0.1) is 11.3 Å². The molecule has 5 heteroatoms. The Morgan fingerprint density at radius 3 is 2.93 bits per heavy atom. The van der Waals surface area contributed by atoms with Crippen LogP contribution in [0.3, 0.4) is 0 Å². The minimum Gasteiger partial charge on any atom is -0.298 e. The van der Waals surface area contributed by atoms with Crippen molar-refractivity contribution in [3.05, 3.63) is 40.9 Å². The van der Waals surface area contributed by atoms with Crippen LogP contribution in [0.25, 0.3) is 5.69 Å². The average Bonchev–Trinajstić information content (AvgIpc) is 2.70. The number of aldehydes is 1. The highest BCUT2D eigenvalue weighted by molar-refractivity contribution is 9.10. The van der Waals surface area contributed by atoms with Gasteiger partial charge in [0.2, 0.25) is 0 Å². The third kappa shape index (κ3) is 1.46. The van der Waals surface area contributed by atoms with Crippen molar-refractivity contribution in [2.24, 2.45) is 0 Å². The number of hydrogen-bond donors (Lipinski definition) is 0. The highest BCUT2D eigenvalue weighted by Gasteiger charge is 2.07. The lowest BCUT2D eigenvalue weighted by Gasteiger charge is -2.04. The molecule has 14 heavy (non-hydrogen) atoms. The third-order valence-electron chi connectivity index (χ3n) is 1.81. The molecule has 0 N–H and O–H groups in total. The minimum absolute atomic E-state index is 0.568. The van der Waals surface area contributed by atoms with Crippen LogP contribution in [0.15, 0.2) is 35.3 Å².